The highest BCUT2D eigenvalue weighted by Crippen LogP contribution is 2.18. The second-order valence-corrected chi connectivity index (χ2v) is 3.49. The number of hydrogen-bond donors (Lipinski definition) is 1. The van der Waals surface area contributed by atoms with Crippen LogP contribution < -0.4 is 5.73 Å². The molecular weight excluding hydrogens is 220 g/mol. The Bertz CT molecular complexity index is 509. The predicted molar refractivity (Wildman–Crippen MR) is 59.6 cm³/mol. The minimum absolute atomic E-state index is 0.441. The molecule has 0 spiro atoms. The van der Waals surface area contributed by atoms with E-state index in [1.54, 1.807) is 18.3 Å². The van der Waals surface area contributed by atoms with Crippen LogP contribution in [0.25, 0.3) is 11.5 Å². The number of hydrogen-bond acceptors (Lipinski definition) is 5. The molecule has 2 aromatic rings. The molecule has 2 heterocycles. The molecule has 0 aliphatic rings. The van der Waals surface area contributed by atoms with Crippen molar-refractivity contribution in [2.24, 2.45) is 5.73 Å². The van der Waals surface area contributed by atoms with Crippen molar-refractivity contribution < 1.29 is 4.79 Å². The standard InChI is InChI=1S/C10H12N6O/c1-2-8(9(11)17)16-10(13-14-15-16)7-5-3-4-6-12-7/h3-6,8H,2H2,1H3,(H2,11,17). The van der Waals surface area contributed by atoms with E-state index in [9.17, 15) is 4.79 Å². The van der Waals surface area contributed by atoms with E-state index in [0.717, 1.165) is 0 Å². The number of primary amides is 1. The van der Waals surface area contributed by atoms with E-state index in [-0.39, 0.29) is 0 Å². The first-order chi connectivity index (χ1) is 8.24. The fraction of sp³-hybridized carbons (Fsp3) is 0.300. The molecule has 0 saturated heterocycles. The summed E-state index contributed by atoms with van der Waals surface area (Å²) >= 11 is 0. The number of tetrazole rings is 1. The second-order valence-electron chi connectivity index (χ2n) is 3.49. The maximum Gasteiger partial charge on any atom is 0.242 e. The third-order valence-electron chi connectivity index (χ3n) is 2.40. The van der Waals surface area contributed by atoms with E-state index in [1.807, 2.05) is 13.0 Å². The predicted octanol–water partition coefficient (Wildman–Crippen LogP) is 0.171. The summed E-state index contributed by atoms with van der Waals surface area (Å²) in [6, 6.07) is 4.84. The number of aromatic nitrogens is 5. The van der Waals surface area contributed by atoms with Crippen LogP contribution in [0.1, 0.15) is 19.4 Å². The number of carbonyl (C=O) groups excluding carboxylic acids is 1. The van der Waals surface area contributed by atoms with Crippen molar-refractivity contribution in [1.29, 1.82) is 0 Å². The lowest BCUT2D eigenvalue weighted by atomic mass is 10.2. The van der Waals surface area contributed by atoms with Gasteiger partial charge in [0.05, 0.1) is 0 Å². The molecule has 0 aliphatic carbocycles. The van der Waals surface area contributed by atoms with Crippen LogP contribution >= 0.6 is 0 Å². The van der Waals surface area contributed by atoms with Crippen LogP contribution in [-0.2, 0) is 4.79 Å². The topological polar surface area (TPSA) is 99.6 Å². The first kappa shape index (κ1) is 11.2. The SMILES string of the molecule is CCC(C(N)=O)n1nnnc1-c1ccccn1. The van der Waals surface area contributed by atoms with Crippen LogP contribution in [0.3, 0.4) is 0 Å². The van der Waals surface area contributed by atoms with Gasteiger partial charge in [0.15, 0.2) is 0 Å². The summed E-state index contributed by atoms with van der Waals surface area (Å²) in [7, 11) is 0. The van der Waals surface area contributed by atoms with Crippen LogP contribution in [0.4, 0.5) is 0 Å². The highest BCUT2D eigenvalue weighted by atomic mass is 16.1. The molecule has 0 radical (unpaired) electrons. The van der Waals surface area contributed by atoms with Crippen molar-refractivity contribution in [3.05, 3.63) is 24.4 Å². The van der Waals surface area contributed by atoms with Gasteiger partial charge in [-0.3, -0.25) is 9.78 Å². The van der Waals surface area contributed by atoms with E-state index >= 15 is 0 Å². The molecular formula is C10H12N6O. The zero-order valence-electron chi connectivity index (χ0n) is 9.32. The molecule has 17 heavy (non-hydrogen) atoms. The molecule has 2 rings (SSSR count). The highest BCUT2D eigenvalue weighted by Gasteiger charge is 2.21. The monoisotopic (exact) mass is 232 g/mol. The zero-order valence-corrected chi connectivity index (χ0v) is 9.32. The lowest BCUT2D eigenvalue weighted by Crippen LogP contribution is -2.27. The fourth-order valence-electron chi connectivity index (χ4n) is 1.56. The Kier molecular flexibility index (Phi) is 3.08. The Hall–Kier alpha value is -2.31. The molecule has 0 aromatic carbocycles. The zero-order chi connectivity index (χ0) is 12.3. The Morgan fingerprint density at radius 2 is 2.35 bits per heavy atom. The Morgan fingerprint density at radius 3 is 2.94 bits per heavy atom. The Labute approximate surface area is 97.7 Å². The van der Waals surface area contributed by atoms with Crippen molar-refractivity contribution in [3.8, 4) is 11.5 Å². The normalized spacial score (nSPS) is 12.3. The van der Waals surface area contributed by atoms with Crippen molar-refractivity contribution in [2.75, 3.05) is 0 Å². The molecule has 88 valence electrons. The van der Waals surface area contributed by atoms with Gasteiger partial charge in [-0.1, -0.05) is 13.0 Å². The largest absolute Gasteiger partial charge is 0.368 e. The molecule has 2 N–H and O–H groups in total. The lowest BCUT2D eigenvalue weighted by molar-refractivity contribution is -0.121. The molecule has 1 unspecified atom stereocenters. The minimum atomic E-state index is -0.554. The van der Waals surface area contributed by atoms with Gasteiger partial charge in [0, 0.05) is 6.20 Å². The summed E-state index contributed by atoms with van der Waals surface area (Å²) in [5.74, 6) is -0.0202. The van der Waals surface area contributed by atoms with Crippen LogP contribution in [-0.4, -0.2) is 31.1 Å². The first-order valence-corrected chi connectivity index (χ1v) is 5.22. The van der Waals surface area contributed by atoms with Gasteiger partial charge < -0.3 is 5.73 Å². The summed E-state index contributed by atoms with van der Waals surface area (Å²) in [5, 5.41) is 11.2. The molecule has 1 atom stereocenters. The average Bonchev–Trinajstić information content (AvgIpc) is 2.80. The molecule has 0 saturated carbocycles. The van der Waals surface area contributed by atoms with Gasteiger partial charge in [-0.15, -0.1) is 5.10 Å². The third-order valence-corrected chi connectivity index (χ3v) is 2.40. The highest BCUT2D eigenvalue weighted by molar-refractivity contribution is 5.78. The quantitative estimate of drug-likeness (QED) is 0.810. The van der Waals surface area contributed by atoms with E-state index in [4.69, 9.17) is 5.73 Å². The molecule has 7 nitrogen and oxygen atoms in total. The van der Waals surface area contributed by atoms with E-state index in [1.165, 1.54) is 4.68 Å². The smallest absolute Gasteiger partial charge is 0.242 e. The van der Waals surface area contributed by atoms with E-state index in [2.05, 4.69) is 20.5 Å². The van der Waals surface area contributed by atoms with E-state index < -0.39 is 11.9 Å². The Balaban J connectivity index is 2.45. The minimum Gasteiger partial charge on any atom is -0.368 e. The number of pyridine rings is 1. The number of nitrogens with zero attached hydrogens (tertiary/aromatic N) is 5. The number of nitrogens with two attached hydrogens (primary N) is 1. The van der Waals surface area contributed by atoms with Crippen LogP contribution in [0.2, 0.25) is 0 Å². The number of rotatable bonds is 4. The summed E-state index contributed by atoms with van der Waals surface area (Å²) in [6.45, 7) is 1.85. The van der Waals surface area contributed by atoms with Crippen molar-refractivity contribution in [1.82, 2.24) is 25.2 Å². The third kappa shape index (κ3) is 2.12. The summed E-state index contributed by atoms with van der Waals surface area (Å²) in [6.07, 6.45) is 2.17. The number of amides is 1. The van der Waals surface area contributed by atoms with E-state index in [0.29, 0.717) is 17.9 Å². The van der Waals surface area contributed by atoms with Gasteiger partial charge in [-0.05, 0) is 29.0 Å². The van der Waals surface area contributed by atoms with Crippen molar-refractivity contribution in [2.45, 2.75) is 19.4 Å². The van der Waals surface area contributed by atoms with Gasteiger partial charge in [-0.25, -0.2) is 4.68 Å². The summed E-state index contributed by atoms with van der Waals surface area (Å²) in [4.78, 5) is 15.4. The maximum atomic E-state index is 11.3. The molecule has 7 heteroatoms. The summed E-state index contributed by atoms with van der Waals surface area (Å²) in [5.41, 5.74) is 5.92. The van der Waals surface area contributed by atoms with Crippen molar-refractivity contribution in [3.63, 3.8) is 0 Å². The van der Waals surface area contributed by atoms with Gasteiger partial charge in [0.1, 0.15) is 11.7 Å². The molecule has 0 aliphatic heterocycles. The first-order valence-electron chi connectivity index (χ1n) is 5.22. The number of carbonyl (C=O) groups is 1. The van der Waals surface area contributed by atoms with Crippen LogP contribution in [0.5, 0.6) is 0 Å². The van der Waals surface area contributed by atoms with Gasteiger partial charge >= 0.3 is 0 Å². The molecule has 1 amide bonds. The second kappa shape index (κ2) is 4.69. The fourth-order valence-corrected chi connectivity index (χ4v) is 1.56. The van der Waals surface area contributed by atoms with Crippen LogP contribution in [0.15, 0.2) is 24.4 Å². The molecule has 0 fully saturated rings. The molecule has 2 aromatic heterocycles. The van der Waals surface area contributed by atoms with Crippen LogP contribution in [0, 0.1) is 0 Å². The van der Waals surface area contributed by atoms with Gasteiger partial charge in [-0.2, -0.15) is 0 Å². The van der Waals surface area contributed by atoms with Gasteiger partial charge in [0.2, 0.25) is 11.7 Å². The van der Waals surface area contributed by atoms with Gasteiger partial charge in [0.25, 0.3) is 0 Å². The lowest BCUT2D eigenvalue weighted by Gasteiger charge is -2.11. The molecule has 0 bridgehead atoms. The Morgan fingerprint density at radius 1 is 1.53 bits per heavy atom. The average molecular weight is 232 g/mol. The van der Waals surface area contributed by atoms with Crippen molar-refractivity contribution >= 4 is 5.91 Å². The summed E-state index contributed by atoms with van der Waals surface area (Å²) < 4.78 is 1.41. The maximum absolute atomic E-state index is 11.3.